The Kier molecular flexibility index (Phi) is 6.61. The Morgan fingerprint density at radius 3 is 2.40 bits per heavy atom. The van der Waals surface area contributed by atoms with Gasteiger partial charge in [0.15, 0.2) is 0 Å². The molecule has 0 unspecified atom stereocenters. The second-order valence-corrected chi connectivity index (χ2v) is 6.50. The van der Waals surface area contributed by atoms with Gasteiger partial charge in [-0.3, -0.25) is 4.90 Å². The number of hydrogen-bond donors (Lipinski definition) is 1. The van der Waals surface area contributed by atoms with E-state index in [1.54, 1.807) is 18.7 Å². The number of carbonyl (C=O) groups is 2. The van der Waals surface area contributed by atoms with Gasteiger partial charge in [0, 0.05) is 38.3 Å². The minimum atomic E-state index is -0.458. The molecule has 0 atom stereocenters. The number of esters is 1. The minimum absolute atomic E-state index is 0.260. The van der Waals surface area contributed by atoms with E-state index in [2.05, 4.69) is 11.0 Å². The van der Waals surface area contributed by atoms with Crippen molar-refractivity contribution in [2.24, 2.45) is 0 Å². The minimum Gasteiger partial charge on any atom is -0.462 e. The van der Waals surface area contributed by atoms with Crippen molar-refractivity contribution in [3.05, 3.63) is 16.0 Å². The van der Waals surface area contributed by atoms with Crippen molar-refractivity contribution in [1.29, 1.82) is 5.26 Å². The molecule has 1 saturated heterocycles. The molecule has 0 aliphatic carbocycles. The van der Waals surface area contributed by atoms with Gasteiger partial charge >= 0.3 is 12.1 Å². The summed E-state index contributed by atoms with van der Waals surface area (Å²) in [5.41, 5.74) is 6.83. The number of anilines is 1. The molecule has 0 aromatic carbocycles. The van der Waals surface area contributed by atoms with Crippen LogP contribution in [0.15, 0.2) is 0 Å². The van der Waals surface area contributed by atoms with Crippen molar-refractivity contribution < 1.29 is 19.1 Å². The molecule has 1 amide bonds. The number of ether oxygens (including phenoxy) is 2. The number of nitrogens with zero attached hydrogens (tertiary/aromatic N) is 3. The Morgan fingerprint density at radius 1 is 1.20 bits per heavy atom. The monoisotopic (exact) mass is 366 g/mol. The van der Waals surface area contributed by atoms with Crippen LogP contribution in [0.5, 0.6) is 0 Å². The highest BCUT2D eigenvalue weighted by atomic mass is 32.1. The molecular weight excluding hydrogens is 344 g/mol. The second kappa shape index (κ2) is 8.69. The van der Waals surface area contributed by atoms with Crippen molar-refractivity contribution >= 4 is 28.4 Å². The fourth-order valence-corrected chi connectivity index (χ4v) is 3.57. The number of rotatable bonds is 5. The van der Waals surface area contributed by atoms with Crippen LogP contribution < -0.4 is 5.73 Å². The molecule has 8 nitrogen and oxygen atoms in total. The largest absolute Gasteiger partial charge is 0.462 e. The zero-order chi connectivity index (χ0) is 18.4. The lowest BCUT2D eigenvalue weighted by Crippen LogP contribution is -2.48. The first-order valence-electron chi connectivity index (χ1n) is 8.14. The zero-order valence-electron chi connectivity index (χ0n) is 14.4. The van der Waals surface area contributed by atoms with Crippen LogP contribution in [-0.4, -0.2) is 61.3 Å². The summed E-state index contributed by atoms with van der Waals surface area (Å²) in [5, 5.41) is 9.69. The standard InChI is InChI=1S/C16H22N4O4S/c1-3-23-15(21)13-12(11(9-17)14(18)25-13)10-19-5-7-20(8-6-19)16(22)24-4-2/h3-8,10,18H2,1-2H3. The van der Waals surface area contributed by atoms with Crippen LogP contribution in [0, 0.1) is 11.3 Å². The molecule has 1 aromatic heterocycles. The first-order chi connectivity index (χ1) is 12.0. The van der Waals surface area contributed by atoms with Gasteiger partial charge < -0.3 is 20.1 Å². The van der Waals surface area contributed by atoms with Gasteiger partial charge in [-0.25, -0.2) is 9.59 Å². The molecule has 136 valence electrons. The van der Waals surface area contributed by atoms with Gasteiger partial charge in [-0.1, -0.05) is 0 Å². The Labute approximate surface area is 150 Å². The zero-order valence-corrected chi connectivity index (χ0v) is 15.2. The highest BCUT2D eigenvalue weighted by Crippen LogP contribution is 2.32. The van der Waals surface area contributed by atoms with Crippen molar-refractivity contribution in [2.45, 2.75) is 20.4 Å². The maximum Gasteiger partial charge on any atom is 0.409 e. The molecule has 0 saturated carbocycles. The van der Waals surface area contributed by atoms with Crippen LogP contribution in [0.1, 0.15) is 34.6 Å². The van der Waals surface area contributed by atoms with E-state index in [0.29, 0.717) is 60.3 Å². The molecule has 0 radical (unpaired) electrons. The predicted molar refractivity (Wildman–Crippen MR) is 93.3 cm³/mol. The molecule has 0 bridgehead atoms. The number of nitrogens with two attached hydrogens (primary N) is 1. The lowest BCUT2D eigenvalue weighted by atomic mass is 10.1. The topological polar surface area (TPSA) is 109 Å². The third-order valence-electron chi connectivity index (χ3n) is 3.89. The van der Waals surface area contributed by atoms with Crippen LogP contribution in [0.4, 0.5) is 9.80 Å². The van der Waals surface area contributed by atoms with Crippen molar-refractivity contribution in [2.75, 3.05) is 45.1 Å². The van der Waals surface area contributed by atoms with Crippen LogP contribution >= 0.6 is 11.3 Å². The summed E-state index contributed by atoms with van der Waals surface area (Å²) in [6.07, 6.45) is -0.313. The first-order valence-corrected chi connectivity index (χ1v) is 8.95. The Hall–Kier alpha value is -2.31. The fraction of sp³-hybridized carbons (Fsp3) is 0.562. The summed E-state index contributed by atoms with van der Waals surface area (Å²) < 4.78 is 10.1. The number of piperazine rings is 1. The molecular formula is C16H22N4O4S. The van der Waals surface area contributed by atoms with Gasteiger partial charge in [-0.05, 0) is 13.8 Å². The quantitative estimate of drug-likeness (QED) is 0.789. The maximum atomic E-state index is 12.1. The number of nitriles is 1. The third-order valence-corrected chi connectivity index (χ3v) is 4.93. The summed E-state index contributed by atoms with van der Waals surface area (Å²) in [7, 11) is 0. The van der Waals surface area contributed by atoms with E-state index < -0.39 is 5.97 Å². The van der Waals surface area contributed by atoms with Gasteiger partial charge in [-0.2, -0.15) is 5.26 Å². The highest BCUT2D eigenvalue weighted by molar-refractivity contribution is 7.18. The second-order valence-electron chi connectivity index (χ2n) is 5.44. The summed E-state index contributed by atoms with van der Waals surface area (Å²) in [5.74, 6) is -0.458. The van der Waals surface area contributed by atoms with Gasteiger partial charge in [0.25, 0.3) is 0 Å². The summed E-state index contributed by atoms with van der Waals surface area (Å²) in [6, 6.07) is 2.08. The van der Waals surface area contributed by atoms with Gasteiger partial charge in [0.1, 0.15) is 15.9 Å². The molecule has 1 aliphatic heterocycles. The molecule has 2 N–H and O–H groups in total. The fourth-order valence-electron chi connectivity index (χ4n) is 2.65. The van der Waals surface area contributed by atoms with Crippen LogP contribution in [0.25, 0.3) is 0 Å². The molecule has 9 heteroatoms. The number of carbonyl (C=O) groups excluding carboxylic acids is 2. The lowest BCUT2D eigenvalue weighted by molar-refractivity contribution is 0.0529. The van der Waals surface area contributed by atoms with E-state index >= 15 is 0 Å². The Bertz CT molecular complexity index is 674. The van der Waals surface area contributed by atoms with E-state index in [-0.39, 0.29) is 12.7 Å². The van der Waals surface area contributed by atoms with E-state index in [9.17, 15) is 14.9 Å². The predicted octanol–water partition coefficient (Wildman–Crippen LogP) is 1.65. The summed E-state index contributed by atoms with van der Waals surface area (Å²) in [6.45, 7) is 6.86. The number of nitrogen functional groups attached to an aromatic ring is 1. The highest BCUT2D eigenvalue weighted by Gasteiger charge is 2.27. The van der Waals surface area contributed by atoms with Crippen molar-refractivity contribution in [3.63, 3.8) is 0 Å². The normalized spacial score (nSPS) is 14.8. The van der Waals surface area contributed by atoms with E-state index in [1.165, 1.54) is 0 Å². The third kappa shape index (κ3) is 4.41. The number of thiophene rings is 1. The van der Waals surface area contributed by atoms with Crippen molar-refractivity contribution in [3.8, 4) is 6.07 Å². The molecule has 1 aliphatic rings. The number of hydrogen-bond acceptors (Lipinski definition) is 8. The van der Waals surface area contributed by atoms with Gasteiger partial charge in [0.2, 0.25) is 0 Å². The maximum absolute atomic E-state index is 12.1. The Morgan fingerprint density at radius 2 is 1.84 bits per heavy atom. The molecule has 1 fully saturated rings. The van der Waals surface area contributed by atoms with Gasteiger partial charge in [0.05, 0.1) is 18.8 Å². The lowest BCUT2D eigenvalue weighted by Gasteiger charge is -2.34. The molecule has 2 heterocycles. The van der Waals surface area contributed by atoms with Crippen LogP contribution in [0.3, 0.4) is 0 Å². The molecule has 0 spiro atoms. The van der Waals surface area contributed by atoms with Crippen molar-refractivity contribution in [1.82, 2.24) is 9.80 Å². The molecule has 1 aromatic rings. The van der Waals surface area contributed by atoms with Gasteiger partial charge in [-0.15, -0.1) is 11.3 Å². The first kappa shape index (κ1) is 19.0. The van der Waals surface area contributed by atoms with E-state index in [0.717, 1.165) is 11.3 Å². The molecule has 2 rings (SSSR count). The van der Waals surface area contributed by atoms with E-state index in [1.807, 2.05) is 0 Å². The summed E-state index contributed by atoms with van der Waals surface area (Å²) >= 11 is 1.08. The van der Waals surface area contributed by atoms with Crippen LogP contribution in [0.2, 0.25) is 0 Å². The average Bonchev–Trinajstić information content (AvgIpc) is 2.91. The Balaban J connectivity index is 2.09. The SMILES string of the molecule is CCOC(=O)c1sc(N)c(C#N)c1CN1CCN(C(=O)OCC)CC1. The van der Waals surface area contributed by atoms with E-state index in [4.69, 9.17) is 15.2 Å². The number of amides is 1. The smallest absolute Gasteiger partial charge is 0.409 e. The van der Waals surface area contributed by atoms with Crippen LogP contribution in [-0.2, 0) is 16.0 Å². The molecule has 25 heavy (non-hydrogen) atoms. The summed E-state index contributed by atoms with van der Waals surface area (Å²) in [4.78, 5) is 28.0. The average molecular weight is 366 g/mol.